The van der Waals surface area contributed by atoms with Gasteiger partial charge in [-0.05, 0) is 37.3 Å². The Labute approximate surface area is 142 Å². The molecular weight excluding hydrogens is 339 g/mol. The molecule has 3 nitrogen and oxygen atoms in total. The number of aryl methyl sites for hydroxylation is 1. The summed E-state index contributed by atoms with van der Waals surface area (Å²) in [5, 5.41) is 9.48. The predicted molar refractivity (Wildman–Crippen MR) is 90.5 cm³/mol. The number of rotatable bonds is 4. The lowest BCUT2D eigenvalue weighted by Crippen LogP contribution is -1.81. The summed E-state index contributed by atoms with van der Waals surface area (Å²) in [7, 11) is 0. The zero-order chi connectivity index (χ0) is 15.5. The third kappa shape index (κ3) is 3.64. The first-order valence-electron chi connectivity index (χ1n) is 6.59. The maximum absolute atomic E-state index is 6.13. The summed E-state index contributed by atoms with van der Waals surface area (Å²) in [4.78, 5) is 0.893. The molecule has 0 amide bonds. The molecule has 3 aromatic rings. The third-order valence-electron chi connectivity index (χ3n) is 2.98. The van der Waals surface area contributed by atoms with Crippen LogP contribution < -0.4 is 0 Å². The van der Waals surface area contributed by atoms with Crippen molar-refractivity contribution in [1.82, 2.24) is 10.2 Å². The van der Waals surface area contributed by atoms with Crippen molar-refractivity contribution in [2.45, 2.75) is 17.6 Å². The summed E-state index contributed by atoms with van der Waals surface area (Å²) >= 11 is 13.6. The molecule has 3 rings (SSSR count). The maximum Gasteiger partial charge on any atom is 0.247 e. The smallest absolute Gasteiger partial charge is 0.247 e. The van der Waals surface area contributed by atoms with Gasteiger partial charge in [0.25, 0.3) is 0 Å². The lowest BCUT2D eigenvalue weighted by molar-refractivity contribution is 0.528. The fourth-order valence-corrected chi connectivity index (χ4v) is 3.26. The first-order chi connectivity index (χ1) is 10.6. The van der Waals surface area contributed by atoms with Gasteiger partial charge in [0.2, 0.25) is 11.8 Å². The van der Waals surface area contributed by atoms with Crippen LogP contribution in [0.4, 0.5) is 0 Å². The van der Waals surface area contributed by atoms with Crippen LogP contribution in [0.5, 0.6) is 0 Å². The molecule has 0 aliphatic rings. The zero-order valence-electron chi connectivity index (χ0n) is 11.7. The van der Waals surface area contributed by atoms with E-state index >= 15 is 0 Å². The molecule has 6 heteroatoms. The van der Waals surface area contributed by atoms with Crippen molar-refractivity contribution in [3.63, 3.8) is 0 Å². The Morgan fingerprint density at radius 1 is 1.09 bits per heavy atom. The molecule has 0 saturated heterocycles. The summed E-state index contributed by atoms with van der Waals surface area (Å²) in [6, 6.07) is 13.3. The molecule has 0 spiro atoms. The average molecular weight is 351 g/mol. The number of hydrogen-bond donors (Lipinski definition) is 0. The summed E-state index contributed by atoms with van der Waals surface area (Å²) in [5.41, 5.74) is 2.07. The molecule has 2 aromatic carbocycles. The van der Waals surface area contributed by atoms with Gasteiger partial charge in [0, 0.05) is 15.5 Å². The minimum atomic E-state index is 0.525. The molecule has 1 aromatic heterocycles. The van der Waals surface area contributed by atoms with E-state index in [2.05, 4.69) is 10.2 Å². The highest BCUT2D eigenvalue weighted by molar-refractivity contribution is 7.98. The van der Waals surface area contributed by atoms with E-state index in [-0.39, 0.29) is 0 Å². The molecule has 0 unspecified atom stereocenters. The van der Waals surface area contributed by atoms with Crippen molar-refractivity contribution in [2.75, 3.05) is 0 Å². The number of thioether (sulfide) groups is 1. The van der Waals surface area contributed by atoms with Crippen molar-refractivity contribution < 1.29 is 4.42 Å². The zero-order valence-corrected chi connectivity index (χ0v) is 14.0. The lowest BCUT2D eigenvalue weighted by Gasteiger charge is -2.02. The van der Waals surface area contributed by atoms with E-state index in [0.717, 1.165) is 16.0 Å². The molecule has 0 aliphatic carbocycles. The minimum absolute atomic E-state index is 0.525. The molecular formula is C16H12Cl2N2OS. The highest BCUT2D eigenvalue weighted by Gasteiger charge is 2.10. The second-order valence-corrected chi connectivity index (χ2v) is 6.59. The minimum Gasteiger partial charge on any atom is -0.420 e. The molecule has 0 aliphatic heterocycles. The van der Waals surface area contributed by atoms with Crippen LogP contribution in [0.2, 0.25) is 10.0 Å². The van der Waals surface area contributed by atoms with Crippen molar-refractivity contribution in [3.8, 4) is 11.5 Å². The van der Waals surface area contributed by atoms with Gasteiger partial charge in [-0.25, -0.2) is 0 Å². The van der Waals surface area contributed by atoms with Crippen LogP contribution in [0.3, 0.4) is 0 Å². The Balaban J connectivity index is 1.73. The second-order valence-electron chi connectivity index (χ2n) is 4.73. The Kier molecular flexibility index (Phi) is 4.71. The van der Waals surface area contributed by atoms with Gasteiger partial charge in [-0.1, -0.05) is 40.9 Å². The molecule has 0 fully saturated rings. The van der Waals surface area contributed by atoms with Crippen LogP contribution >= 0.6 is 35.0 Å². The summed E-state index contributed by atoms with van der Waals surface area (Å²) < 4.78 is 5.70. The van der Waals surface area contributed by atoms with E-state index in [1.807, 2.05) is 37.3 Å². The lowest BCUT2D eigenvalue weighted by atomic mass is 10.1. The first kappa shape index (κ1) is 15.4. The van der Waals surface area contributed by atoms with Crippen LogP contribution in [0, 0.1) is 6.92 Å². The standard InChI is InChI=1S/C16H12Cl2N2OS/c1-10-3-2-4-11(7-10)16-20-19-15(21-16)9-22-14-8-12(17)5-6-13(14)18/h2-8H,9H2,1H3. The number of hydrogen-bond acceptors (Lipinski definition) is 4. The van der Waals surface area contributed by atoms with Crippen LogP contribution in [-0.4, -0.2) is 10.2 Å². The second kappa shape index (κ2) is 6.73. The van der Waals surface area contributed by atoms with E-state index in [0.29, 0.717) is 27.6 Å². The van der Waals surface area contributed by atoms with Crippen molar-refractivity contribution in [3.05, 3.63) is 64.0 Å². The SMILES string of the molecule is Cc1cccc(-c2nnc(CSc3cc(Cl)ccc3Cl)o2)c1. The number of benzene rings is 2. The molecule has 0 radical (unpaired) electrons. The van der Waals surface area contributed by atoms with E-state index in [9.17, 15) is 0 Å². The van der Waals surface area contributed by atoms with Gasteiger partial charge in [-0.2, -0.15) is 0 Å². The van der Waals surface area contributed by atoms with E-state index in [1.165, 1.54) is 11.8 Å². The highest BCUT2D eigenvalue weighted by Crippen LogP contribution is 2.32. The third-order valence-corrected chi connectivity index (χ3v) is 4.69. The van der Waals surface area contributed by atoms with Gasteiger partial charge >= 0.3 is 0 Å². The van der Waals surface area contributed by atoms with Crippen molar-refractivity contribution in [1.29, 1.82) is 0 Å². The normalized spacial score (nSPS) is 10.9. The number of nitrogens with zero attached hydrogens (tertiary/aromatic N) is 2. The maximum atomic E-state index is 6.13. The molecule has 1 heterocycles. The molecule has 112 valence electrons. The Morgan fingerprint density at radius 2 is 1.95 bits per heavy atom. The van der Waals surface area contributed by atoms with Gasteiger partial charge in [-0.15, -0.1) is 22.0 Å². The molecule has 0 bridgehead atoms. The van der Waals surface area contributed by atoms with Crippen molar-refractivity contribution >= 4 is 35.0 Å². The van der Waals surface area contributed by atoms with E-state index in [1.54, 1.807) is 12.1 Å². The predicted octanol–water partition coefficient (Wildman–Crippen LogP) is 5.64. The van der Waals surface area contributed by atoms with Crippen LogP contribution in [0.1, 0.15) is 11.5 Å². The Morgan fingerprint density at radius 3 is 2.77 bits per heavy atom. The van der Waals surface area contributed by atoms with E-state index in [4.69, 9.17) is 27.6 Å². The highest BCUT2D eigenvalue weighted by atomic mass is 35.5. The van der Waals surface area contributed by atoms with Crippen LogP contribution in [-0.2, 0) is 5.75 Å². The quantitative estimate of drug-likeness (QED) is 0.570. The van der Waals surface area contributed by atoms with Gasteiger partial charge in [-0.3, -0.25) is 0 Å². The summed E-state index contributed by atoms with van der Waals surface area (Å²) in [6.07, 6.45) is 0. The van der Waals surface area contributed by atoms with Gasteiger partial charge in [0.1, 0.15) is 0 Å². The average Bonchev–Trinajstić information content (AvgIpc) is 2.97. The van der Waals surface area contributed by atoms with Crippen LogP contribution in [0.15, 0.2) is 51.8 Å². The first-order valence-corrected chi connectivity index (χ1v) is 8.33. The fraction of sp³-hybridized carbons (Fsp3) is 0.125. The van der Waals surface area contributed by atoms with Gasteiger partial charge < -0.3 is 4.42 Å². The fourth-order valence-electron chi connectivity index (χ4n) is 1.93. The van der Waals surface area contributed by atoms with Gasteiger partial charge in [0.05, 0.1) is 10.8 Å². The molecule has 0 atom stereocenters. The molecule has 0 saturated carbocycles. The summed E-state index contributed by atoms with van der Waals surface area (Å²) in [5.74, 6) is 1.62. The van der Waals surface area contributed by atoms with Crippen molar-refractivity contribution in [2.24, 2.45) is 0 Å². The number of halogens is 2. The molecule has 0 N–H and O–H groups in total. The Hall–Kier alpha value is -1.49. The molecule has 22 heavy (non-hydrogen) atoms. The van der Waals surface area contributed by atoms with Gasteiger partial charge in [0.15, 0.2) is 0 Å². The topological polar surface area (TPSA) is 38.9 Å². The monoisotopic (exact) mass is 350 g/mol. The van der Waals surface area contributed by atoms with E-state index < -0.39 is 0 Å². The largest absolute Gasteiger partial charge is 0.420 e. The Bertz CT molecular complexity index is 804. The number of aromatic nitrogens is 2. The summed E-state index contributed by atoms with van der Waals surface area (Å²) in [6.45, 7) is 2.03. The van der Waals surface area contributed by atoms with Crippen LogP contribution in [0.25, 0.3) is 11.5 Å².